The molecule has 3 rings (SSSR count). The standard InChI is InChI=1S/C18H16N4O2S/c23-15-7-6-14(16(24)10-15)11-20-22-17-8-9-19-18(21-17)25-12-13-4-2-1-3-5-13/h1-11,23-24H,12H2,(H,19,21,22)/b20-11-. The Balaban J connectivity index is 1.60. The molecule has 0 saturated carbocycles. The van der Waals surface area contributed by atoms with Gasteiger partial charge in [-0.25, -0.2) is 9.97 Å². The fourth-order valence-electron chi connectivity index (χ4n) is 2.00. The minimum atomic E-state index is -0.0488. The molecule has 0 unspecified atom stereocenters. The molecule has 2 aromatic carbocycles. The maximum atomic E-state index is 9.70. The van der Waals surface area contributed by atoms with Gasteiger partial charge < -0.3 is 10.2 Å². The number of hydrazone groups is 1. The summed E-state index contributed by atoms with van der Waals surface area (Å²) in [5, 5.41) is 23.7. The summed E-state index contributed by atoms with van der Waals surface area (Å²) < 4.78 is 0. The smallest absolute Gasteiger partial charge is 0.189 e. The van der Waals surface area contributed by atoms with Crippen LogP contribution in [0, 0.1) is 0 Å². The zero-order valence-electron chi connectivity index (χ0n) is 13.2. The number of nitrogens with zero attached hydrogens (tertiary/aromatic N) is 3. The van der Waals surface area contributed by atoms with Crippen LogP contribution in [0.25, 0.3) is 0 Å². The third-order valence-electron chi connectivity index (χ3n) is 3.24. The molecule has 0 aliphatic carbocycles. The van der Waals surface area contributed by atoms with Gasteiger partial charge in [-0.2, -0.15) is 5.10 Å². The highest BCUT2D eigenvalue weighted by Crippen LogP contribution is 2.21. The second-order valence-electron chi connectivity index (χ2n) is 5.11. The SMILES string of the molecule is Oc1ccc(/C=N\Nc2ccnc(SCc3ccccc3)n2)c(O)c1. The first kappa shape index (κ1) is 16.8. The maximum Gasteiger partial charge on any atom is 0.189 e. The van der Waals surface area contributed by atoms with E-state index in [9.17, 15) is 10.2 Å². The van der Waals surface area contributed by atoms with E-state index in [0.29, 0.717) is 16.5 Å². The van der Waals surface area contributed by atoms with Gasteiger partial charge >= 0.3 is 0 Å². The number of phenols is 2. The number of hydrogen-bond donors (Lipinski definition) is 3. The molecule has 0 fully saturated rings. The number of thioether (sulfide) groups is 1. The summed E-state index contributed by atoms with van der Waals surface area (Å²) in [5.74, 6) is 1.29. The van der Waals surface area contributed by atoms with E-state index in [1.165, 1.54) is 35.7 Å². The second kappa shape index (κ2) is 8.16. The van der Waals surface area contributed by atoms with Crippen LogP contribution in [0.15, 0.2) is 71.1 Å². The van der Waals surface area contributed by atoms with Gasteiger partial charge in [0.05, 0.1) is 6.21 Å². The monoisotopic (exact) mass is 352 g/mol. The maximum absolute atomic E-state index is 9.70. The van der Waals surface area contributed by atoms with Crippen molar-refractivity contribution in [1.82, 2.24) is 9.97 Å². The van der Waals surface area contributed by atoms with Crippen LogP contribution in [-0.4, -0.2) is 26.4 Å². The summed E-state index contributed by atoms with van der Waals surface area (Å²) in [6.45, 7) is 0. The van der Waals surface area contributed by atoms with Crippen molar-refractivity contribution >= 4 is 23.8 Å². The van der Waals surface area contributed by atoms with E-state index >= 15 is 0 Å². The lowest BCUT2D eigenvalue weighted by atomic mass is 10.2. The van der Waals surface area contributed by atoms with Gasteiger partial charge in [0.1, 0.15) is 11.5 Å². The van der Waals surface area contributed by atoms with Crippen molar-refractivity contribution in [2.45, 2.75) is 10.9 Å². The number of aromatic hydroxyl groups is 2. The molecule has 126 valence electrons. The van der Waals surface area contributed by atoms with Crippen molar-refractivity contribution in [2.75, 3.05) is 5.43 Å². The first-order chi connectivity index (χ1) is 12.2. The Morgan fingerprint density at radius 1 is 1.08 bits per heavy atom. The molecule has 0 spiro atoms. The van der Waals surface area contributed by atoms with Gasteiger partial charge in [0.25, 0.3) is 0 Å². The summed E-state index contributed by atoms with van der Waals surface area (Å²) in [4.78, 5) is 8.62. The molecule has 7 heteroatoms. The molecule has 0 atom stereocenters. The lowest BCUT2D eigenvalue weighted by molar-refractivity contribution is 0.450. The Kier molecular flexibility index (Phi) is 5.48. The van der Waals surface area contributed by atoms with E-state index in [1.54, 1.807) is 18.3 Å². The molecule has 0 aliphatic heterocycles. The van der Waals surface area contributed by atoms with Crippen LogP contribution in [0.3, 0.4) is 0 Å². The first-order valence-electron chi connectivity index (χ1n) is 7.51. The molecule has 25 heavy (non-hydrogen) atoms. The lowest BCUT2D eigenvalue weighted by Gasteiger charge is -2.03. The third kappa shape index (κ3) is 4.95. The average molecular weight is 352 g/mol. The normalized spacial score (nSPS) is 10.9. The van der Waals surface area contributed by atoms with Crippen molar-refractivity contribution in [3.05, 3.63) is 71.9 Å². The van der Waals surface area contributed by atoms with Crippen LogP contribution >= 0.6 is 11.8 Å². The van der Waals surface area contributed by atoms with Crippen molar-refractivity contribution in [1.29, 1.82) is 0 Å². The number of benzene rings is 2. The molecule has 3 aromatic rings. The third-order valence-corrected chi connectivity index (χ3v) is 4.17. The highest BCUT2D eigenvalue weighted by Gasteiger charge is 2.02. The van der Waals surface area contributed by atoms with Crippen LogP contribution < -0.4 is 5.43 Å². The fourth-order valence-corrected chi connectivity index (χ4v) is 2.79. The zero-order chi connectivity index (χ0) is 17.5. The molecular formula is C18H16N4O2S. The molecular weight excluding hydrogens is 336 g/mol. The average Bonchev–Trinajstić information content (AvgIpc) is 2.63. The van der Waals surface area contributed by atoms with Crippen molar-refractivity contribution in [2.24, 2.45) is 5.10 Å². The van der Waals surface area contributed by atoms with Gasteiger partial charge in [-0.1, -0.05) is 42.1 Å². The second-order valence-corrected chi connectivity index (χ2v) is 6.05. The zero-order valence-corrected chi connectivity index (χ0v) is 14.0. The topological polar surface area (TPSA) is 90.6 Å². The summed E-state index contributed by atoms with van der Waals surface area (Å²) in [5.41, 5.74) is 4.49. The molecule has 0 aliphatic rings. The predicted molar refractivity (Wildman–Crippen MR) is 99.0 cm³/mol. The van der Waals surface area contributed by atoms with Crippen molar-refractivity contribution in [3.8, 4) is 11.5 Å². The Bertz CT molecular complexity index is 872. The minimum absolute atomic E-state index is 0.00140. The Labute approximate surface area is 149 Å². The fraction of sp³-hybridized carbons (Fsp3) is 0.0556. The Morgan fingerprint density at radius 3 is 2.72 bits per heavy atom. The van der Waals surface area contributed by atoms with Crippen LogP contribution in [0.5, 0.6) is 11.5 Å². The Morgan fingerprint density at radius 2 is 1.92 bits per heavy atom. The minimum Gasteiger partial charge on any atom is -0.508 e. The summed E-state index contributed by atoms with van der Waals surface area (Å²) in [7, 11) is 0. The highest BCUT2D eigenvalue weighted by atomic mass is 32.2. The number of aromatic nitrogens is 2. The molecule has 6 nitrogen and oxygen atoms in total. The summed E-state index contributed by atoms with van der Waals surface area (Å²) in [6.07, 6.45) is 3.11. The van der Waals surface area contributed by atoms with Gasteiger partial charge in [-0.3, -0.25) is 5.43 Å². The number of nitrogens with one attached hydrogen (secondary N) is 1. The van der Waals surface area contributed by atoms with E-state index in [2.05, 4.69) is 32.6 Å². The molecule has 1 heterocycles. The number of anilines is 1. The number of hydrogen-bond acceptors (Lipinski definition) is 7. The van der Waals surface area contributed by atoms with Gasteiger partial charge in [-0.15, -0.1) is 0 Å². The van der Waals surface area contributed by atoms with Crippen LogP contribution in [0.1, 0.15) is 11.1 Å². The molecule has 0 bridgehead atoms. The largest absolute Gasteiger partial charge is 0.508 e. The van der Waals surface area contributed by atoms with E-state index in [4.69, 9.17) is 0 Å². The van der Waals surface area contributed by atoms with Gasteiger partial charge in [0.15, 0.2) is 11.0 Å². The molecule has 1 aromatic heterocycles. The van der Waals surface area contributed by atoms with E-state index < -0.39 is 0 Å². The predicted octanol–water partition coefficient (Wildman–Crippen LogP) is 3.63. The molecule has 0 amide bonds. The van der Waals surface area contributed by atoms with Crippen LogP contribution in [0.4, 0.5) is 5.82 Å². The van der Waals surface area contributed by atoms with E-state index in [0.717, 1.165) is 5.75 Å². The van der Waals surface area contributed by atoms with Gasteiger partial charge in [-0.05, 0) is 17.7 Å². The lowest BCUT2D eigenvalue weighted by Crippen LogP contribution is -1.96. The number of rotatable bonds is 6. The Hall–Kier alpha value is -3.06. The van der Waals surface area contributed by atoms with Gasteiger partial charge in [0, 0.05) is 29.6 Å². The summed E-state index contributed by atoms with van der Waals surface area (Å²) >= 11 is 1.54. The van der Waals surface area contributed by atoms with E-state index in [-0.39, 0.29) is 11.5 Å². The van der Waals surface area contributed by atoms with E-state index in [1.807, 2.05) is 18.2 Å². The number of phenolic OH excluding ortho intramolecular Hbond substituents is 2. The molecule has 0 radical (unpaired) electrons. The van der Waals surface area contributed by atoms with Crippen LogP contribution in [0.2, 0.25) is 0 Å². The van der Waals surface area contributed by atoms with Gasteiger partial charge in [0.2, 0.25) is 0 Å². The quantitative estimate of drug-likeness (QED) is 0.272. The van der Waals surface area contributed by atoms with Crippen molar-refractivity contribution < 1.29 is 10.2 Å². The first-order valence-corrected chi connectivity index (χ1v) is 8.50. The molecule has 3 N–H and O–H groups in total. The highest BCUT2D eigenvalue weighted by molar-refractivity contribution is 7.98. The summed E-state index contributed by atoms with van der Waals surface area (Å²) in [6, 6.07) is 16.1. The van der Waals surface area contributed by atoms with Crippen molar-refractivity contribution in [3.63, 3.8) is 0 Å². The van der Waals surface area contributed by atoms with Crippen LogP contribution in [-0.2, 0) is 5.75 Å². The molecule has 0 saturated heterocycles.